The largest absolute Gasteiger partial charge is 0.497 e. The molecule has 3 aromatic heterocycles. The summed E-state index contributed by atoms with van der Waals surface area (Å²) in [5.74, 6) is 2.57. The van der Waals surface area contributed by atoms with E-state index in [0.717, 1.165) is 65.0 Å². The van der Waals surface area contributed by atoms with Crippen LogP contribution in [0.5, 0.6) is 5.75 Å². The van der Waals surface area contributed by atoms with Crippen LogP contribution in [0, 0.1) is 5.92 Å². The maximum atomic E-state index is 5.43. The second-order valence-corrected chi connectivity index (χ2v) is 9.68. The first-order valence-corrected chi connectivity index (χ1v) is 12.5. The van der Waals surface area contributed by atoms with E-state index < -0.39 is 0 Å². The minimum atomic E-state index is 0.504. The molecule has 10 nitrogen and oxygen atoms in total. The van der Waals surface area contributed by atoms with Crippen molar-refractivity contribution in [3.8, 4) is 17.0 Å². The zero-order valence-electron chi connectivity index (χ0n) is 20.0. The van der Waals surface area contributed by atoms with E-state index in [1.54, 1.807) is 18.0 Å². The predicted octanol–water partition coefficient (Wildman–Crippen LogP) is 3.03. The number of nitrogens with zero attached hydrogens (tertiary/aromatic N) is 7. The van der Waals surface area contributed by atoms with Gasteiger partial charge in [-0.3, -0.25) is 5.10 Å². The zero-order chi connectivity index (χ0) is 23.6. The van der Waals surface area contributed by atoms with Crippen molar-refractivity contribution in [2.24, 2.45) is 5.92 Å². The Morgan fingerprint density at radius 1 is 1.11 bits per heavy atom. The first-order chi connectivity index (χ1) is 17.2. The minimum absolute atomic E-state index is 0.504. The average molecular weight is 474 g/mol. The predicted molar refractivity (Wildman–Crippen MR) is 133 cm³/mol. The van der Waals surface area contributed by atoms with Gasteiger partial charge in [-0.15, -0.1) is 10.2 Å². The van der Waals surface area contributed by atoms with Crippen molar-refractivity contribution in [3.63, 3.8) is 0 Å². The van der Waals surface area contributed by atoms with Crippen molar-refractivity contribution < 1.29 is 4.74 Å². The number of hydrogen-bond donors (Lipinski definition) is 2. The van der Waals surface area contributed by atoms with E-state index in [1.807, 2.05) is 24.4 Å². The van der Waals surface area contributed by atoms with Crippen LogP contribution in [0.2, 0.25) is 0 Å². The summed E-state index contributed by atoms with van der Waals surface area (Å²) < 4.78 is 7.21. The number of ether oxygens (including phenoxy) is 1. The summed E-state index contributed by atoms with van der Waals surface area (Å²) in [6.07, 6.45) is 10.3. The summed E-state index contributed by atoms with van der Waals surface area (Å²) in [6.45, 7) is 3.69. The highest BCUT2D eigenvalue weighted by Crippen LogP contribution is 2.31. The molecule has 0 radical (unpaired) electrons. The number of hydrogen-bond acceptors (Lipinski definition) is 8. The molecule has 1 aliphatic heterocycles. The fourth-order valence-electron chi connectivity index (χ4n) is 5.01. The first-order valence-electron chi connectivity index (χ1n) is 12.5. The second-order valence-electron chi connectivity index (χ2n) is 9.68. The molecule has 35 heavy (non-hydrogen) atoms. The highest BCUT2D eigenvalue weighted by molar-refractivity contribution is 5.94. The van der Waals surface area contributed by atoms with Crippen molar-refractivity contribution >= 4 is 16.7 Å². The van der Waals surface area contributed by atoms with Gasteiger partial charge in [0.25, 0.3) is 0 Å². The molecule has 2 fully saturated rings. The van der Waals surface area contributed by atoms with Crippen LogP contribution in [0.3, 0.4) is 0 Å². The highest BCUT2D eigenvalue weighted by Gasteiger charge is 2.23. The standard InChI is InChI=1S/C25H31N9O/c1-35-20-10-21(22-13-27-29-23(22)11-20)24-16-34(32-30-24)15-19-7-8-25(31-28-19)33-9-3-6-18(14-33)26-12-17-4-2-5-17/h7-8,10-11,13,16-18,26H,2-6,9,12,14-15H2,1H3,(H,27,29). The molecular weight excluding hydrogens is 442 g/mol. The molecule has 2 N–H and O–H groups in total. The van der Waals surface area contributed by atoms with E-state index in [0.29, 0.717) is 12.6 Å². The molecule has 6 rings (SSSR count). The lowest BCUT2D eigenvalue weighted by Gasteiger charge is -2.35. The molecule has 1 unspecified atom stereocenters. The number of rotatable bonds is 8. The van der Waals surface area contributed by atoms with Crippen LogP contribution in [0.1, 0.15) is 37.8 Å². The molecule has 4 heterocycles. The summed E-state index contributed by atoms with van der Waals surface area (Å²) in [5.41, 5.74) is 3.43. The number of methoxy groups -OCH3 is 1. The molecule has 4 aromatic rings. The van der Waals surface area contributed by atoms with E-state index in [-0.39, 0.29) is 0 Å². The first kappa shape index (κ1) is 22.0. The van der Waals surface area contributed by atoms with Crippen LogP contribution in [0.15, 0.2) is 36.7 Å². The van der Waals surface area contributed by atoms with Gasteiger partial charge in [0.15, 0.2) is 5.82 Å². The third-order valence-corrected chi connectivity index (χ3v) is 7.28. The average Bonchev–Trinajstić information content (AvgIpc) is 3.53. The minimum Gasteiger partial charge on any atom is -0.497 e. The van der Waals surface area contributed by atoms with Crippen LogP contribution in [-0.2, 0) is 6.54 Å². The van der Waals surface area contributed by atoms with Gasteiger partial charge in [0, 0.05) is 36.1 Å². The fourth-order valence-corrected chi connectivity index (χ4v) is 5.01. The number of piperidine rings is 1. The Bertz CT molecular complexity index is 1280. The van der Waals surface area contributed by atoms with Gasteiger partial charge < -0.3 is 15.0 Å². The van der Waals surface area contributed by atoms with E-state index in [4.69, 9.17) is 4.74 Å². The number of nitrogens with one attached hydrogen (secondary N) is 2. The van der Waals surface area contributed by atoms with E-state index >= 15 is 0 Å². The SMILES string of the molecule is COc1cc(-c2cn(Cc3ccc(N4CCCC(NCC5CCC5)C4)nn3)nn2)c2cn[nH]c2c1. The molecule has 0 spiro atoms. The van der Waals surface area contributed by atoms with Gasteiger partial charge in [0.1, 0.15) is 11.4 Å². The fraction of sp³-hybridized carbons (Fsp3) is 0.480. The number of aromatic nitrogens is 7. The lowest BCUT2D eigenvalue weighted by atomic mass is 9.85. The number of anilines is 1. The Morgan fingerprint density at radius 3 is 2.86 bits per heavy atom. The summed E-state index contributed by atoms with van der Waals surface area (Å²) in [7, 11) is 1.65. The van der Waals surface area contributed by atoms with Crippen molar-refractivity contribution in [1.82, 2.24) is 40.7 Å². The van der Waals surface area contributed by atoms with Crippen molar-refractivity contribution in [3.05, 3.63) is 42.4 Å². The molecule has 2 aliphatic rings. The molecule has 1 saturated heterocycles. The molecule has 1 aromatic carbocycles. The maximum absolute atomic E-state index is 5.43. The summed E-state index contributed by atoms with van der Waals surface area (Å²) in [5, 5.41) is 29.6. The number of H-pyrrole nitrogens is 1. The van der Waals surface area contributed by atoms with E-state index in [2.05, 4.69) is 47.0 Å². The molecule has 1 aliphatic carbocycles. The van der Waals surface area contributed by atoms with Crippen molar-refractivity contribution in [2.45, 2.75) is 44.7 Å². The van der Waals surface area contributed by atoms with E-state index in [9.17, 15) is 0 Å². The van der Waals surface area contributed by atoms with Gasteiger partial charge in [-0.1, -0.05) is 11.6 Å². The number of benzene rings is 1. The maximum Gasteiger partial charge on any atom is 0.151 e. The van der Waals surface area contributed by atoms with Gasteiger partial charge in [-0.2, -0.15) is 10.2 Å². The number of aromatic amines is 1. The van der Waals surface area contributed by atoms with Gasteiger partial charge in [-0.05, 0) is 56.3 Å². The summed E-state index contributed by atoms with van der Waals surface area (Å²) in [4.78, 5) is 2.35. The summed E-state index contributed by atoms with van der Waals surface area (Å²) in [6, 6.07) is 8.52. The Hall–Kier alpha value is -3.53. The lowest BCUT2D eigenvalue weighted by molar-refractivity contribution is 0.280. The molecule has 1 saturated carbocycles. The smallest absolute Gasteiger partial charge is 0.151 e. The Labute approximate surface area is 204 Å². The summed E-state index contributed by atoms with van der Waals surface area (Å²) >= 11 is 0. The van der Waals surface area contributed by atoms with Crippen LogP contribution in [-0.4, -0.2) is 68.2 Å². The Balaban J connectivity index is 1.11. The van der Waals surface area contributed by atoms with Crippen molar-refractivity contribution in [1.29, 1.82) is 0 Å². The zero-order valence-corrected chi connectivity index (χ0v) is 20.0. The number of fused-ring (bicyclic) bond motifs is 1. The Morgan fingerprint density at radius 2 is 2.06 bits per heavy atom. The molecule has 10 heteroatoms. The van der Waals surface area contributed by atoms with Crippen LogP contribution >= 0.6 is 0 Å². The quantitative estimate of drug-likeness (QED) is 0.402. The van der Waals surface area contributed by atoms with Crippen LogP contribution < -0.4 is 15.0 Å². The van der Waals surface area contributed by atoms with Gasteiger partial charge in [0.05, 0.1) is 37.3 Å². The third-order valence-electron chi connectivity index (χ3n) is 7.28. The monoisotopic (exact) mass is 473 g/mol. The normalized spacial score (nSPS) is 18.7. The lowest BCUT2D eigenvalue weighted by Crippen LogP contribution is -2.47. The highest BCUT2D eigenvalue weighted by atomic mass is 16.5. The van der Waals surface area contributed by atoms with Crippen LogP contribution in [0.4, 0.5) is 5.82 Å². The third kappa shape index (κ3) is 4.70. The van der Waals surface area contributed by atoms with E-state index in [1.165, 1.54) is 32.1 Å². The Kier molecular flexibility index (Phi) is 6.03. The second kappa shape index (κ2) is 9.61. The molecule has 1 atom stereocenters. The molecular formula is C25H31N9O. The van der Waals surface area contributed by atoms with Crippen LogP contribution in [0.25, 0.3) is 22.2 Å². The van der Waals surface area contributed by atoms with Crippen molar-refractivity contribution in [2.75, 3.05) is 31.6 Å². The molecule has 182 valence electrons. The van der Waals surface area contributed by atoms with Gasteiger partial charge in [-0.25, -0.2) is 4.68 Å². The molecule has 0 bridgehead atoms. The van der Waals surface area contributed by atoms with Gasteiger partial charge >= 0.3 is 0 Å². The molecule has 0 amide bonds. The van der Waals surface area contributed by atoms with Gasteiger partial charge in [0.2, 0.25) is 0 Å². The topological polar surface area (TPSA) is 110 Å².